The number of H-pyrrole nitrogens is 1. The lowest BCUT2D eigenvalue weighted by atomic mass is 10.2. The van der Waals surface area contributed by atoms with E-state index in [9.17, 15) is 4.79 Å². The first-order chi connectivity index (χ1) is 9.28. The van der Waals surface area contributed by atoms with Gasteiger partial charge in [-0.25, -0.2) is 9.89 Å². The lowest BCUT2D eigenvalue weighted by Crippen LogP contribution is -2.16. The standard InChI is InChI=1S/C13H15N3OS2/c1-18-11-6-2-9(3-7-11)8-19-13-15-14-12(17)16(13)10-4-5-10/h2-3,6-7,10H,4-5,8H2,1H3,(H,14,17). The normalized spacial score (nSPS) is 14.8. The molecule has 2 aromatic rings. The zero-order valence-corrected chi connectivity index (χ0v) is 12.3. The van der Waals surface area contributed by atoms with Crippen LogP contribution < -0.4 is 5.69 Å². The van der Waals surface area contributed by atoms with Crippen LogP contribution in [0.15, 0.2) is 39.1 Å². The number of nitrogens with zero attached hydrogens (tertiary/aromatic N) is 2. The van der Waals surface area contributed by atoms with E-state index in [-0.39, 0.29) is 5.69 Å². The van der Waals surface area contributed by atoms with Crippen molar-refractivity contribution in [3.63, 3.8) is 0 Å². The van der Waals surface area contributed by atoms with Crippen molar-refractivity contribution >= 4 is 23.5 Å². The summed E-state index contributed by atoms with van der Waals surface area (Å²) in [6.45, 7) is 0. The summed E-state index contributed by atoms with van der Waals surface area (Å²) in [6, 6.07) is 8.88. The highest BCUT2D eigenvalue weighted by Gasteiger charge is 2.28. The summed E-state index contributed by atoms with van der Waals surface area (Å²) in [6.07, 6.45) is 4.26. The molecule has 0 aliphatic heterocycles. The number of aromatic nitrogens is 3. The molecule has 4 nitrogen and oxygen atoms in total. The molecule has 1 saturated carbocycles. The fourth-order valence-corrected chi connectivity index (χ4v) is 3.29. The van der Waals surface area contributed by atoms with Gasteiger partial charge in [0.25, 0.3) is 0 Å². The molecule has 1 heterocycles. The van der Waals surface area contributed by atoms with Crippen LogP contribution in [0.2, 0.25) is 0 Å². The van der Waals surface area contributed by atoms with Crippen LogP contribution in [0, 0.1) is 0 Å². The van der Waals surface area contributed by atoms with Gasteiger partial charge in [0, 0.05) is 16.7 Å². The first kappa shape index (κ1) is 12.9. The van der Waals surface area contributed by atoms with Crippen molar-refractivity contribution in [2.45, 2.75) is 34.7 Å². The second-order valence-electron chi connectivity index (χ2n) is 4.55. The van der Waals surface area contributed by atoms with Crippen molar-refractivity contribution in [2.75, 3.05) is 6.26 Å². The van der Waals surface area contributed by atoms with Gasteiger partial charge in [0.05, 0.1) is 0 Å². The van der Waals surface area contributed by atoms with Crippen molar-refractivity contribution in [1.82, 2.24) is 14.8 Å². The van der Waals surface area contributed by atoms with Crippen LogP contribution in [0.3, 0.4) is 0 Å². The van der Waals surface area contributed by atoms with Gasteiger partial charge in [-0.1, -0.05) is 23.9 Å². The van der Waals surface area contributed by atoms with Gasteiger partial charge >= 0.3 is 5.69 Å². The average molecular weight is 293 g/mol. The second-order valence-corrected chi connectivity index (χ2v) is 6.37. The maximum atomic E-state index is 11.6. The van der Waals surface area contributed by atoms with Crippen molar-refractivity contribution in [3.05, 3.63) is 40.3 Å². The van der Waals surface area contributed by atoms with Crippen LogP contribution in [-0.4, -0.2) is 21.0 Å². The fourth-order valence-electron chi connectivity index (χ4n) is 1.92. The Bertz CT molecular complexity index is 614. The monoisotopic (exact) mass is 293 g/mol. The maximum absolute atomic E-state index is 11.6. The zero-order chi connectivity index (χ0) is 13.2. The largest absolute Gasteiger partial charge is 0.344 e. The van der Waals surface area contributed by atoms with Gasteiger partial charge < -0.3 is 0 Å². The van der Waals surface area contributed by atoms with Crippen LogP contribution in [0.4, 0.5) is 0 Å². The third kappa shape index (κ3) is 2.90. The lowest BCUT2D eigenvalue weighted by molar-refractivity contribution is 0.642. The van der Waals surface area contributed by atoms with E-state index >= 15 is 0 Å². The predicted molar refractivity (Wildman–Crippen MR) is 78.9 cm³/mol. The first-order valence-corrected chi connectivity index (χ1v) is 8.41. The number of hydrogen-bond donors (Lipinski definition) is 1. The van der Waals surface area contributed by atoms with Crippen molar-refractivity contribution < 1.29 is 0 Å². The molecule has 1 aliphatic carbocycles. The topological polar surface area (TPSA) is 50.7 Å². The van der Waals surface area contributed by atoms with Gasteiger partial charge in [-0.05, 0) is 36.8 Å². The minimum atomic E-state index is -0.0808. The fraction of sp³-hybridized carbons (Fsp3) is 0.385. The summed E-state index contributed by atoms with van der Waals surface area (Å²) in [4.78, 5) is 12.9. The first-order valence-electron chi connectivity index (χ1n) is 6.20. The molecule has 0 spiro atoms. The molecule has 3 rings (SSSR count). The molecule has 0 radical (unpaired) electrons. The van der Waals surface area contributed by atoms with Gasteiger partial charge in [-0.2, -0.15) is 0 Å². The van der Waals surface area contributed by atoms with Crippen molar-refractivity contribution in [1.29, 1.82) is 0 Å². The molecule has 0 atom stereocenters. The van der Waals surface area contributed by atoms with E-state index < -0.39 is 0 Å². The van der Waals surface area contributed by atoms with Gasteiger partial charge in [0.1, 0.15) is 0 Å². The molecule has 0 unspecified atom stereocenters. The molecule has 19 heavy (non-hydrogen) atoms. The molecule has 0 saturated heterocycles. The van der Waals surface area contributed by atoms with Crippen molar-refractivity contribution in [2.24, 2.45) is 0 Å². The highest BCUT2D eigenvalue weighted by molar-refractivity contribution is 7.98. The molecule has 0 bridgehead atoms. The van der Waals surface area contributed by atoms with Crippen LogP contribution in [0.5, 0.6) is 0 Å². The van der Waals surface area contributed by atoms with Crippen molar-refractivity contribution in [3.8, 4) is 0 Å². The van der Waals surface area contributed by atoms with E-state index in [1.165, 1.54) is 10.5 Å². The Morgan fingerprint density at radius 1 is 1.37 bits per heavy atom. The Labute approximate surface area is 120 Å². The Morgan fingerprint density at radius 2 is 2.11 bits per heavy atom. The minimum absolute atomic E-state index is 0.0808. The minimum Gasteiger partial charge on any atom is -0.267 e. The summed E-state index contributed by atoms with van der Waals surface area (Å²) in [7, 11) is 0. The third-order valence-electron chi connectivity index (χ3n) is 3.11. The molecule has 1 aliphatic rings. The quantitative estimate of drug-likeness (QED) is 0.861. The second kappa shape index (κ2) is 5.46. The Balaban J connectivity index is 1.70. The molecule has 1 N–H and O–H groups in total. The highest BCUT2D eigenvalue weighted by Crippen LogP contribution is 2.36. The number of aromatic amines is 1. The Morgan fingerprint density at radius 3 is 2.74 bits per heavy atom. The molecule has 1 aromatic carbocycles. The summed E-state index contributed by atoms with van der Waals surface area (Å²) in [5, 5.41) is 7.46. The van der Waals surface area contributed by atoms with Gasteiger partial charge in [0.15, 0.2) is 5.16 Å². The molecular weight excluding hydrogens is 278 g/mol. The number of thioether (sulfide) groups is 2. The van der Waals surface area contributed by atoms with E-state index in [0.29, 0.717) is 6.04 Å². The van der Waals surface area contributed by atoms with Gasteiger partial charge in [0.2, 0.25) is 0 Å². The molecule has 1 aromatic heterocycles. The summed E-state index contributed by atoms with van der Waals surface area (Å²) in [5.74, 6) is 0.839. The molecule has 1 fully saturated rings. The van der Waals surface area contributed by atoms with E-state index in [0.717, 1.165) is 23.8 Å². The molecule has 0 amide bonds. The van der Waals surface area contributed by atoms with E-state index in [2.05, 4.69) is 40.7 Å². The van der Waals surface area contributed by atoms with Gasteiger partial charge in [-0.15, -0.1) is 16.9 Å². The van der Waals surface area contributed by atoms with E-state index in [1.54, 1.807) is 28.1 Å². The zero-order valence-electron chi connectivity index (χ0n) is 10.6. The van der Waals surface area contributed by atoms with Crippen LogP contribution >= 0.6 is 23.5 Å². The Kier molecular flexibility index (Phi) is 3.70. The number of benzene rings is 1. The molecular formula is C13H15N3OS2. The molecule has 100 valence electrons. The van der Waals surface area contributed by atoms with E-state index in [4.69, 9.17) is 0 Å². The number of nitrogens with one attached hydrogen (secondary N) is 1. The number of rotatable bonds is 5. The van der Waals surface area contributed by atoms with Crippen LogP contribution in [-0.2, 0) is 5.75 Å². The summed E-state index contributed by atoms with van der Waals surface area (Å²) < 4.78 is 1.79. The van der Waals surface area contributed by atoms with Crippen LogP contribution in [0.25, 0.3) is 0 Å². The maximum Gasteiger partial charge on any atom is 0.344 e. The third-order valence-corrected chi connectivity index (χ3v) is 4.88. The summed E-state index contributed by atoms with van der Waals surface area (Å²) >= 11 is 3.36. The predicted octanol–water partition coefficient (Wildman–Crippen LogP) is 2.92. The average Bonchev–Trinajstić information content (AvgIpc) is 3.21. The highest BCUT2D eigenvalue weighted by atomic mass is 32.2. The van der Waals surface area contributed by atoms with Gasteiger partial charge in [-0.3, -0.25) is 4.57 Å². The van der Waals surface area contributed by atoms with Crippen LogP contribution in [0.1, 0.15) is 24.4 Å². The Hall–Kier alpha value is -1.14. The SMILES string of the molecule is CSc1ccc(CSc2n[nH]c(=O)n2C2CC2)cc1. The smallest absolute Gasteiger partial charge is 0.267 e. The lowest BCUT2D eigenvalue weighted by Gasteiger charge is -2.04. The molecule has 6 heteroatoms. The number of hydrogen-bond acceptors (Lipinski definition) is 4. The van der Waals surface area contributed by atoms with E-state index in [1.807, 2.05) is 0 Å². The summed E-state index contributed by atoms with van der Waals surface area (Å²) in [5.41, 5.74) is 1.17.